The van der Waals surface area contributed by atoms with Crippen LogP contribution in [0.1, 0.15) is 18.9 Å². The number of amides is 1. The lowest BCUT2D eigenvalue weighted by molar-refractivity contribution is -0.117. The topological polar surface area (TPSA) is 74.1 Å². The molecule has 0 aliphatic carbocycles. The Kier molecular flexibility index (Phi) is 4.78. The Morgan fingerprint density at radius 2 is 2.45 bits per heavy atom. The minimum atomic E-state index is -0.0505. The van der Waals surface area contributed by atoms with Crippen LogP contribution in [0, 0.1) is 17.2 Å². The summed E-state index contributed by atoms with van der Waals surface area (Å²) in [5, 5.41) is 9.19. The number of halogens is 1. The second-order valence-corrected chi connectivity index (χ2v) is 6.63. The summed E-state index contributed by atoms with van der Waals surface area (Å²) < 4.78 is 0.702. The first-order chi connectivity index (χ1) is 9.51. The fraction of sp³-hybridized carbons (Fsp3) is 0.385. The lowest BCUT2D eigenvalue weighted by Gasteiger charge is -2.16. The van der Waals surface area contributed by atoms with Crippen LogP contribution < -0.4 is 4.90 Å². The third kappa shape index (κ3) is 3.38. The number of aromatic nitrogens is 1. The first-order valence-electron chi connectivity index (χ1n) is 6.00. The molecule has 0 N–H and O–H groups in total. The molecule has 1 aromatic rings. The van der Waals surface area contributed by atoms with Crippen molar-refractivity contribution in [2.45, 2.75) is 13.3 Å². The number of nitrogens with zero attached hydrogens (tertiary/aromatic N) is 3. The molecule has 0 radical (unpaired) electrons. The third-order valence-corrected chi connectivity index (χ3v) is 4.42. The summed E-state index contributed by atoms with van der Waals surface area (Å²) in [6.07, 6.45) is 1.96. The Bertz CT molecular complexity index is 600. The number of rotatable bonds is 3. The lowest BCUT2D eigenvalue weighted by atomic mass is 10.1. The maximum atomic E-state index is 12.1. The standard InChI is InChI=1S/C13H12BrN3O2S/c1-8(18)20-7-9-2-12(19)17(6-9)13-10(4-15)3-11(14)5-16-13/h3,5,9H,2,6-7H2,1H3. The van der Waals surface area contributed by atoms with E-state index in [4.69, 9.17) is 5.26 Å². The first kappa shape index (κ1) is 15.0. The van der Waals surface area contributed by atoms with Gasteiger partial charge in [-0.15, -0.1) is 0 Å². The van der Waals surface area contributed by atoms with Crippen LogP contribution >= 0.6 is 27.7 Å². The van der Waals surface area contributed by atoms with Crippen LogP contribution in [0.15, 0.2) is 16.7 Å². The van der Waals surface area contributed by atoms with Crippen LogP contribution in [0.5, 0.6) is 0 Å². The zero-order valence-electron chi connectivity index (χ0n) is 10.8. The van der Waals surface area contributed by atoms with Crippen LogP contribution in [0.2, 0.25) is 0 Å². The molecule has 1 unspecified atom stereocenters. The van der Waals surface area contributed by atoms with E-state index < -0.39 is 0 Å². The van der Waals surface area contributed by atoms with Gasteiger partial charge in [0.25, 0.3) is 0 Å². The number of hydrogen-bond acceptors (Lipinski definition) is 5. The molecule has 2 rings (SSSR count). The summed E-state index contributed by atoms with van der Waals surface area (Å²) in [7, 11) is 0. The van der Waals surface area contributed by atoms with Gasteiger partial charge in [-0.25, -0.2) is 4.98 Å². The largest absolute Gasteiger partial charge is 0.295 e. The SMILES string of the molecule is CC(=O)SCC1CC(=O)N(c2ncc(Br)cc2C#N)C1. The summed E-state index contributed by atoms with van der Waals surface area (Å²) in [5.74, 6) is 1.09. The number of nitriles is 1. The Balaban J connectivity index is 2.16. The average molecular weight is 354 g/mol. The lowest BCUT2D eigenvalue weighted by Crippen LogP contribution is -2.26. The van der Waals surface area contributed by atoms with Crippen molar-refractivity contribution in [3.05, 3.63) is 22.3 Å². The fourth-order valence-corrected chi connectivity index (χ4v) is 3.09. The Morgan fingerprint density at radius 1 is 1.70 bits per heavy atom. The molecule has 20 heavy (non-hydrogen) atoms. The highest BCUT2D eigenvalue weighted by Crippen LogP contribution is 2.29. The molecular formula is C13H12BrN3O2S. The van der Waals surface area contributed by atoms with E-state index >= 15 is 0 Å². The molecule has 0 saturated carbocycles. The summed E-state index contributed by atoms with van der Waals surface area (Å²) in [5.41, 5.74) is 0.368. The summed E-state index contributed by atoms with van der Waals surface area (Å²) >= 11 is 4.49. The number of carbonyl (C=O) groups is 2. The third-order valence-electron chi connectivity index (χ3n) is 2.94. The molecular weight excluding hydrogens is 342 g/mol. The summed E-state index contributed by atoms with van der Waals surface area (Å²) in [4.78, 5) is 28.7. The van der Waals surface area contributed by atoms with E-state index in [0.29, 0.717) is 34.6 Å². The van der Waals surface area contributed by atoms with Gasteiger partial charge in [0, 0.05) is 36.3 Å². The van der Waals surface area contributed by atoms with Crippen LogP contribution in [-0.4, -0.2) is 28.3 Å². The van der Waals surface area contributed by atoms with E-state index in [2.05, 4.69) is 27.0 Å². The molecule has 0 aromatic carbocycles. The van der Waals surface area contributed by atoms with Crippen molar-refractivity contribution in [1.29, 1.82) is 5.26 Å². The predicted molar refractivity (Wildman–Crippen MR) is 80.3 cm³/mol. The van der Waals surface area contributed by atoms with Gasteiger partial charge in [0.1, 0.15) is 6.07 Å². The maximum Gasteiger partial charge on any atom is 0.228 e. The smallest absolute Gasteiger partial charge is 0.228 e. The van der Waals surface area contributed by atoms with Crippen molar-refractivity contribution in [3.63, 3.8) is 0 Å². The van der Waals surface area contributed by atoms with E-state index in [1.807, 2.05) is 0 Å². The molecule has 7 heteroatoms. The molecule has 1 aliphatic heterocycles. The van der Waals surface area contributed by atoms with Crippen LogP contribution in [0.4, 0.5) is 5.82 Å². The molecule has 5 nitrogen and oxygen atoms in total. The minimum absolute atomic E-state index is 0.0505. The predicted octanol–water partition coefficient (Wildman–Crippen LogP) is 2.35. The van der Waals surface area contributed by atoms with E-state index in [-0.39, 0.29) is 16.9 Å². The maximum absolute atomic E-state index is 12.1. The van der Waals surface area contributed by atoms with Gasteiger partial charge in [0.15, 0.2) is 10.9 Å². The van der Waals surface area contributed by atoms with Gasteiger partial charge in [-0.05, 0) is 27.9 Å². The van der Waals surface area contributed by atoms with Gasteiger partial charge in [-0.1, -0.05) is 11.8 Å². The Labute approximate surface area is 129 Å². The van der Waals surface area contributed by atoms with Gasteiger partial charge < -0.3 is 0 Å². The number of thioether (sulfide) groups is 1. The number of carbonyl (C=O) groups excluding carboxylic acids is 2. The minimum Gasteiger partial charge on any atom is -0.295 e. The summed E-state index contributed by atoms with van der Waals surface area (Å²) in [6, 6.07) is 3.70. The van der Waals surface area contributed by atoms with Crippen molar-refractivity contribution in [2.75, 3.05) is 17.2 Å². The fourth-order valence-electron chi connectivity index (χ4n) is 2.06. The highest BCUT2D eigenvalue weighted by Gasteiger charge is 2.32. The number of hydrogen-bond donors (Lipinski definition) is 0. The van der Waals surface area contributed by atoms with Gasteiger partial charge >= 0.3 is 0 Å². The summed E-state index contributed by atoms with van der Waals surface area (Å²) in [6.45, 7) is 2.02. The second-order valence-electron chi connectivity index (χ2n) is 4.51. The quantitative estimate of drug-likeness (QED) is 0.833. The van der Waals surface area contributed by atoms with E-state index in [1.54, 1.807) is 12.3 Å². The highest BCUT2D eigenvalue weighted by atomic mass is 79.9. The molecule has 0 bridgehead atoms. The zero-order valence-corrected chi connectivity index (χ0v) is 13.2. The van der Waals surface area contributed by atoms with Crippen molar-refractivity contribution >= 4 is 44.5 Å². The number of pyridine rings is 1. The molecule has 1 fully saturated rings. The van der Waals surface area contributed by atoms with Crippen LogP contribution in [0.25, 0.3) is 0 Å². The van der Waals surface area contributed by atoms with Crippen LogP contribution in [0.3, 0.4) is 0 Å². The first-order valence-corrected chi connectivity index (χ1v) is 7.78. The molecule has 1 aliphatic rings. The molecule has 1 atom stereocenters. The second kappa shape index (κ2) is 6.37. The average Bonchev–Trinajstić information content (AvgIpc) is 2.77. The number of anilines is 1. The van der Waals surface area contributed by atoms with Gasteiger partial charge in [0.2, 0.25) is 5.91 Å². The molecule has 1 saturated heterocycles. The molecule has 2 heterocycles. The van der Waals surface area contributed by atoms with Crippen LogP contribution in [-0.2, 0) is 9.59 Å². The van der Waals surface area contributed by atoms with Gasteiger partial charge in [-0.3, -0.25) is 14.5 Å². The van der Waals surface area contributed by atoms with Crippen molar-refractivity contribution < 1.29 is 9.59 Å². The monoisotopic (exact) mass is 353 g/mol. The van der Waals surface area contributed by atoms with Crippen molar-refractivity contribution in [2.24, 2.45) is 5.92 Å². The van der Waals surface area contributed by atoms with Gasteiger partial charge in [0.05, 0.1) is 5.56 Å². The van der Waals surface area contributed by atoms with Crippen molar-refractivity contribution in [1.82, 2.24) is 4.98 Å². The normalized spacial score (nSPS) is 18.1. The molecule has 0 spiro atoms. The zero-order chi connectivity index (χ0) is 14.7. The van der Waals surface area contributed by atoms with Crippen molar-refractivity contribution in [3.8, 4) is 6.07 Å². The highest BCUT2D eigenvalue weighted by molar-refractivity contribution is 9.10. The van der Waals surface area contributed by atoms with E-state index in [0.717, 1.165) is 0 Å². The Hall–Kier alpha value is -1.39. The van der Waals surface area contributed by atoms with E-state index in [1.165, 1.54) is 23.6 Å². The molecule has 1 aromatic heterocycles. The van der Waals surface area contributed by atoms with E-state index in [9.17, 15) is 9.59 Å². The molecule has 104 valence electrons. The molecule has 1 amide bonds. The Morgan fingerprint density at radius 3 is 3.10 bits per heavy atom. The van der Waals surface area contributed by atoms with Gasteiger partial charge in [-0.2, -0.15) is 5.26 Å².